The van der Waals surface area contributed by atoms with Gasteiger partial charge in [-0.2, -0.15) is 0 Å². The number of carboxylic acid groups (broad SMARTS) is 1. The second kappa shape index (κ2) is 12.0. The molecule has 0 radical (unpaired) electrons. The molecule has 3 atom stereocenters. The predicted molar refractivity (Wildman–Crippen MR) is 110 cm³/mol. The highest BCUT2D eigenvalue weighted by atomic mass is 16.4. The average molecular weight is 438 g/mol. The first-order valence-corrected chi connectivity index (χ1v) is 10.4. The molecular formula is C19H31N7O5. The molecule has 0 aliphatic carbocycles. The van der Waals surface area contributed by atoms with Gasteiger partial charge in [-0.25, -0.2) is 9.78 Å². The number of aromatic amines is 1. The quantitative estimate of drug-likeness (QED) is 0.203. The standard InChI is InChI=1S/C19H31N7O5/c20-6-2-1-4-13(21)18(29)26-7-3-5-15(26)17(28)23-10-16(27)25-14(19(30)31)8-12-9-22-11-24-12/h9,11,13-15H,1-8,10,20-21H2,(H,22,24)(H,23,28)(H,25,27)(H,30,31). The molecular weight excluding hydrogens is 406 g/mol. The number of amides is 3. The zero-order valence-electron chi connectivity index (χ0n) is 17.4. The van der Waals surface area contributed by atoms with E-state index in [1.165, 1.54) is 17.4 Å². The summed E-state index contributed by atoms with van der Waals surface area (Å²) in [6.07, 6.45) is 6.06. The van der Waals surface area contributed by atoms with Crippen LogP contribution in [0.15, 0.2) is 12.5 Å². The van der Waals surface area contributed by atoms with E-state index in [9.17, 15) is 24.3 Å². The van der Waals surface area contributed by atoms with Crippen molar-refractivity contribution < 1.29 is 24.3 Å². The molecule has 3 unspecified atom stereocenters. The van der Waals surface area contributed by atoms with E-state index in [-0.39, 0.29) is 12.3 Å². The number of unbranched alkanes of at least 4 members (excludes halogenated alkanes) is 1. The van der Waals surface area contributed by atoms with Gasteiger partial charge in [-0.05, 0) is 32.2 Å². The molecule has 8 N–H and O–H groups in total. The number of carbonyl (C=O) groups is 4. The number of hydrogen-bond acceptors (Lipinski definition) is 7. The van der Waals surface area contributed by atoms with Gasteiger partial charge in [0.2, 0.25) is 17.7 Å². The summed E-state index contributed by atoms with van der Waals surface area (Å²) >= 11 is 0. The van der Waals surface area contributed by atoms with E-state index in [4.69, 9.17) is 11.5 Å². The van der Waals surface area contributed by atoms with Crippen molar-refractivity contribution >= 4 is 23.7 Å². The molecule has 12 nitrogen and oxygen atoms in total. The van der Waals surface area contributed by atoms with Gasteiger partial charge in [0.05, 0.1) is 18.9 Å². The first-order chi connectivity index (χ1) is 14.8. The van der Waals surface area contributed by atoms with Crippen LogP contribution in [0.4, 0.5) is 0 Å². The van der Waals surface area contributed by atoms with Crippen LogP contribution in [0.5, 0.6) is 0 Å². The molecule has 0 bridgehead atoms. The molecule has 2 heterocycles. The third kappa shape index (κ3) is 7.33. The molecule has 1 saturated heterocycles. The summed E-state index contributed by atoms with van der Waals surface area (Å²) < 4.78 is 0. The van der Waals surface area contributed by atoms with Crippen molar-refractivity contribution in [1.29, 1.82) is 0 Å². The van der Waals surface area contributed by atoms with Gasteiger partial charge in [0, 0.05) is 24.9 Å². The van der Waals surface area contributed by atoms with Crippen molar-refractivity contribution in [3.05, 3.63) is 18.2 Å². The van der Waals surface area contributed by atoms with Crippen LogP contribution >= 0.6 is 0 Å². The van der Waals surface area contributed by atoms with Crippen molar-refractivity contribution in [2.75, 3.05) is 19.6 Å². The van der Waals surface area contributed by atoms with Crippen molar-refractivity contribution in [3.8, 4) is 0 Å². The molecule has 1 aliphatic heterocycles. The highest BCUT2D eigenvalue weighted by Crippen LogP contribution is 2.19. The molecule has 1 aromatic rings. The number of nitrogens with two attached hydrogens (primary N) is 2. The smallest absolute Gasteiger partial charge is 0.326 e. The molecule has 1 fully saturated rings. The summed E-state index contributed by atoms with van der Waals surface area (Å²) in [7, 11) is 0. The Morgan fingerprint density at radius 2 is 2.10 bits per heavy atom. The summed E-state index contributed by atoms with van der Waals surface area (Å²) in [5.74, 6) is -2.60. The summed E-state index contributed by atoms with van der Waals surface area (Å²) in [6.45, 7) is 0.563. The molecule has 0 saturated carbocycles. The maximum absolute atomic E-state index is 12.6. The van der Waals surface area contributed by atoms with Crippen LogP contribution in [0.1, 0.15) is 37.8 Å². The maximum atomic E-state index is 12.6. The lowest BCUT2D eigenvalue weighted by atomic mass is 10.1. The lowest BCUT2D eigenvalue weighted by molar-refractivity contribution is -0.142. The van der Waals surface area contributed by atoms with Crippen LogP contribution in [0.2, 0.25) is 0 Å². The molecule has 0 aromatic carbocycles. The van der Waals surface area contributed by atoms with Crippen LogP contribution in [0.3, 0.4) is 0 Å². The lowest BCUT2D eigenvalue weighted by Gasteiger charge is -2.26. The molecule has 2 rings (SSSR count). The molecule has 1 aliphatic rings. The second-order valence-corrected chi connectivity index (χ2v) is 7.54. The molecule has 31 heavy (non-hydrogen) atoms. The van der Waals surface area contributed by atoms with Gasteiger partial charge in [-0.1, -0.05) is 6.42 Å². The van der Waals surface area contributed by atoms with E-state index in [0.29, 0.717) is 38.0 Å². The summed E-state index contributed by atoms with van der Waals surface area (Å²) in [5, 5.41) is 14.2. The SMILES string of the molecule is NCCCCC(N)C(=O)N1CCCC1C(=O)NCC(=O)NC(Cc1cnc[nH]1)C(=O)O. The Kier molecular flexibility index (Phi) is 9.40. The first-order valence-electron chi connectivity index (χ1n) is 10.4. The maximum Gasteiger partial charge on any atom is 0.326 e. The van der Waals surface area contributed by atoms with E-state index in [0.717, 1.165) is 12.8 Å². The topological polar surface area (TPSA) is 197 Å². The van der Waals surface area contributed by atoms with Crippen LogP contribution < -0.4 is 22.1 Å². The Bertz CT molecular complexity index is 755. The van der Waals surface area contributed by atoms with Gasteiger partial charge in [0.15, 0.2) is 0 Å². The van der Waals surface area contributed by atoms with Gasteiger partial charge in [-0.15, -0.1) is 0 Å². The van der Waals surface area contributed by atoms with Gasteiger partial charge in [0.1, 0.15) is 12.1 Å². The Labute approximate surface area is 180 Å². The van der Waals surface area contributed by atoms with Crippen LogP contribution in [-0.4, -0.2) is 81.4 Å². The normalized spacial score (nSPS) is 17.7. The Morgan fingerprint density at radius 1 is 1.32 bits per heavy atom. The number of nitrogens with zero attached hydrogens (tertiary/aromatic N) is 2. The van der Waals surface area contributed by atoms with E-state index < -0.39 is 42.5 Å². The number of nitrogens with one attached hydrogen (secondary N) is 3. The molecule has 12 heteroatoms. The fraction of sp³-hybridized carbons (Fsp3) is 0.632. The third-order valence-electron chi connectivity index (χ3n) is 5.16. The van der Waals surface area contributed by atoms with E-state index in [2.05, 4.69) is 20.6 Å². The Morgan fingerprint density at radius 3 is 2.74 bits per heavy atom. The number of likely N-dealkylation sites (tertiary alicyclic amines) is 1. The highest BCUT2D eigenvalue weighted by Gasteiger charge is 2.36. The van der Waals surface area contributed by atoms with Gasteiger partial charge >= 0.3 is 5.97 Å². The number of carboxylic acids is 1. The van der Waals surface area contributed by atoms with E-state index in [1.807, 2.05) is 0 Å². The molecule has 3 amide bonds. The van der Waals surface area contributed by atoms with Gasteiger partial charge < -0.3 is 37.1 Å². The number of rotatable bonds is 12. The van der Waals surface area contributed by atoms with Crippen LogP contribution in [0, 0.1) is 0 Å². The summed E-state index contributed by atoms with van der Waals surface area (Å²) in [4.78, 5) is 56.7. The van der Waals surface area contributed by atoms with Crippen molar-refractivity contribution in [2.24, 2.45) is 11.5 Å². The largest absolute Gasteiger partial charge is 0.480 e. The van der Waals surface area contributed by atoms with Crippen LogP contribution in [0.25, 0.3) is 0 Å². The number of aromatic nitrogens is 2. The number of imidazole rings is 1. The summed E-state index contributed by atoms with van der Waals surface area (Å²) in [5.41, 5.74) is 12.0. The molecule has 0 spiro atoms. The zero-order chi connectivity index (χ0) is 22.8. The zero-order valence-corrected chi connectivity index (χ0v) is 17.4. The minimum Gasteiger partial charge on any atom is -0.480 e. The molecule has 1 aromatic heterocycles. The number of aliphatic carboxylic acids is 1. The monoisotopic (exact) mass is 437 g/mol. The number of hydrogen-bond donors (Lipinski definition) is 6. The Balaban J connectivity index is 1.83. The van der Waals surface area contributed by atoms with Crippen molar-refractivity contribution in [1.82, 2.24) is 25.5 Å². The van der Waals surface area contributed by atoms with Gasteiger partial charge in [-0.3, -0.25) is 14.4 Å². The van der Waals surface area contributed by atoms with Crippen molar-refractivity contribution in [2.45, 2.75) is 56.7 Å². The Hall–Kier alpha value is -2.99. The van der Waals surface area contributed by atoms with Gasteiger partial charge in [0.25, 0.3) is 0 Å². The minimum absolute atomic E-state index is 0.0297. The molecule has 172 valence electrons. The number of carbonyl (C=O) groups excluding carboxylic acids is 3. The first kappa shape index (κ1) is 24.3. The fourth-order valence-corrected chi connectivity index (χ4v) is 3.50. The predicted octanol–water partition coefficient (Wildman–Crippen LogP) is -1.91. The minimum atomic E-state index is -1.20. The van der Waals surface area contributed by atoms with Crippen LogP contribution in [-0.2, 0) is 25.6 Å². The fourth-order valence-electron chi connectivity index (χ4n) is 3.50. The van der Waals surface area contributed by atoms with E-state index in [1.54, 1.807) is 0 Å². The lowest BCUT2D eigenvalue weighted by Crippen LogP contribution is -2.53. The summed E-state index contributed by atoms with van der Waals surface area (Å²) in [6, 6.07) is -2.55. The number of H-pyrrole nitrogens is 1. The van der Waals surface area contributed by atoms with Crippen molar-refractivity contribution in [3.63, 3.8) is 0 Å². The third-order valence-corrected chi connectivity index (χ3v) is 5.16. The second-order valence-electron chi connectivity index (χ2n) is 7.54. The average Bonchev–Trinajstić information content (AvgIpc) is 3.43. The highest BCUT2D eigenvalue weighted by molar-refractivity contribution is 5.93. The van der Waals surface area contributed by atoms with E-state index >= 15 is 0 Å².